The summed E-state index contributed by atoms with van der Waals surface area (Å²) >= 11 is 0. The smallest absolute Gasteiger partial charge is 0.222 e. The van der Waals surface area contributed by atoms with Crippen molar-refractivity contribution >= 4 is 17.1 Å². The van der Waals surface area contributed by atoms with Gasteiger partial charge in [-0.25, -0.2) is 14.4 Å². The van der Waals surface area contributed by atoms with Gasteiger partial charge < -0.3 is 10.7 Å². The lowest BCUT2D eigenvalue weighted by Crippen LogP contribution is -1.94. The molecule has 0 saturated carbocycles. The summed E-state index contributed by atoms with van der Waals surface area (Å²) in [5.74, 6) is 0.442. The van der Waals surface area contributed by atoms with Gasteiger partial charge in [-0.15, -0.1) is 0 Å². The molecule has 0 spiro atoms. The molecule has 20 heavy (non-hydrogen) atoms. The van der Waals surface area contributed by atoms with Crippen molar-refractivity contribution < 1.29 is 4.39 Å². The molecule has 5 nitrogen and oxygen atoms in total. The van der Waals surface area contributed by atoms with Crippen LogP contribution in [0, 0.1) is 5.82 Å². The summed E-state index contributed by atoms with van der Waals surface area (Å²) in [5.41, 5.74) is 9.01. The zero-order valence-corrected chi connectivity index (χ0v) is 10.7. The summed E-state index contributed by atoms with van der Waals surface area (Å²) in [4.78, 5) is 15.3. The fourth-order valence-corrected chi connectivity index (χ4v) is 2.75. The van der Waals surface area contributed by atoms with E-state index in [0.29, 0.717) is 22.6 Å². The van der Waals surface area contributed by atoms with E-state index < -0.39 is 0 Å². The Labute approximate surface area is 114 Å². The van der Waals surface area contributed by atoms with Crippen molar-refractivity contribution in [2.45, 2.75) is 19.3 Å². The maximum atomic E-state index is 14.5. The first-order chi connectivity index (χ1) is 9.72. The van der Waals surface area contributed by atoms with Gasteiger partial charge in [-0.3, -0.25) is 0 Å². The average Bonchev–Trinajstić information content (AvgIpc) is 3.04. The Morgan fingerprint density at radius 3 is 3.00 bits per heavy atom. The number of fused-ring (bicyclic) bond motifs is 2. The molecule has 0 aliphatic heterocycles. The molecule has 0 unspecified atom stereocenters. The maximum absolute atomic E-state index is 14.5. The number of hydrogen-bond acceptors (Lipinski definition) is 4. The fourth-order valence-electron chi connectivity index (χ4n) is 2.75. The number of aryl methyl sites for hydroxylation is 1. The van der Waals surface area contributed by atoms with E-state index in [4.69, 9.17) is 5.73 Å². The molecule has 1 aliphatic carbocycles. The Morgan fingerprint density at radius 2 is 2.10 bits per heavy atom. The third-order valence-electron chi connectivity index (χ3n) is 3.73. The van der Waals surface area contributed by atoms with Crippen molar-refractivity contribution in [1.82, 2.24) is 19.9 Å². The summed E-state index contributed by atoms with van der Waals surface area (Å²) < 4.78 is 14.5. The Hall–Kier alpha value is -2.50. The quantitative estimate of drug-likeness (QED) is 0.710. The van der Waals surface area contributed by atoms with Crippen LogP contribution in [-0.4, -0.2) is 19.9 Å². The Bertz CT molecular complexity index is 824. The van der Waals surface area contributed by atoms with Crippen LogP contribution in [0.15, 0.2) is 18.3 Å². The first kappa shape index (κ1) is 11.3. The van der Waals surface area contributed by atoms with E-state index in [-0.39, 0.29) is 11.8 Å². The number of aromatic amines is 1. The highest BCUT2D eigenvalue weighted by Gasteiger charge is 2.20. The molecule has 100 valence electrons. The Morgan fingerprint density at radius 1 is 1.20 bits per heavy atom. The van der Waals surface area contributed by atoms with E-state index in [2.05, 4.69) is 19.9 Å². The van der Waals surface area contributed by atoms with Crippen LogP contribution in [0.5, 0.6) is 0 Å². The number of H-pyrrole nitrogens is 1. The number of nitrogens with two attached hydrogens (primary N) is 1. The molecule has 3 aromatic rings. The predicted molar refractivity (Wildman–Crippen MR) is 73.5 cm³/mol. The van der Waals surface area contributed by atoms with E-state index in [9.17, 15) is 4.39 Å². The third kappa shape index (κ3) is 1.57. The maximum Gasteiger partial charge on any atom is 0.222 e. The van der Waals surface area contributed by atoms with Crippen LogP contribution in [0.4, 0.5) is 10.3 Å². The van der Waals surface area contributed by atoms with Crippen LogP contribution >= 0.6 is 0 Å². The molecule has 6 heteroatoms. The van der Waals surface area contributed by atoms with Crippen molar-refractivity contribution in [1.29, 1.82) is 0 Å². The lowest BCUT2D eigenvalue weighted by Gasteiger charge is -2.05. The molecule has 2 heterocycles. The predicted octanol–water partition coefficient (Wildman–Crippen LogP) is 2.23. The minimum Gasteiger partial charge on any atom is -0.368 e. The summed E-state index contributed by atoms with van der Waals surface area (Å²) in [5, 5.41) is 0. The largest absolute Gasteiger partial charge is 0.368 e. The Balaban J connectivity index is 1.91. The molecule has 3 N–H and O–H groups in total. The molecule has 4 rings (SSSR count). The van der Waals surface area contributed by atoms with E-state index in [1.54, 1.807) is 12.3 Å². The van der Waals surface area contributed by atoms with Gasteiger partial charge in [-0.2, -0.15) is 4.98 Å². The van der Waals surface area contributed by atoms with E-state index in [0.717, 1.165) is 30.4 Å². The van der Waals surface area contributed by atoms with Gasteiger partial charge in [0.15, 0.2) is 5.65 Å². The van der Waals surface area contributed by atoms with Crippen LogP contribution in [0.25, 0.3) is 22.6 Å². The fraction of sp³-hybridized carbons (Fsp3) is 0.214. The second-order valence-corrected chi connectivity index (χ2v) is 4.97. The number of aromatic nitrogens is 4. The van der Waals surface area contributed by atoms with Gasteiger partial charge in [-0.1, -0.05) is 6.07 Å². The summed E-state index contributed by atoms with van der Waals surface area (Å²) in [6.45, 7) is 0. The van der Waals surface area contributed by atoms with Crippen LogP contribution in [0.1, 0.15) is 17.5 Å². The van der Waals surface area contributed by atoms with Gasteiger partial charge in [0, 0.05) is 0 Å². The van der Waals surface area contributed by atoms with Crippen LogP contribution in [-0.2, 0) is 12.8 Å². The van der Waals surface area contributed by atoms with E-state index in [1.807, 2.05) is 6.07 Å². The number of nitrogens with one attached hydrogen (secondary N) is 1. The molecule has 0 atom stereocenters. The summed E-state index contributed by atoms with van der Waals surface area (Å²) in [7, 11) is 0. The number of nitrogen functional groups attached to an aromatic ring is 1. The number of imidazole rings is 1. The average molecular weight is 269 g/mol. The van der Waals surface area contributed by atoms with Gasteiger partial charge in [0.1, 0.15) is 17.2 Å². The van der Waals surface area contributed by atoms with Gasteiger partial charge in [-0.05, 0) is 36.5 Å². The first-order valence-corrected chi connectivity index (χ1v) is 6.51. The minimum absolute atomic E-state index is 0.157. The van der Waals surface area contributed by atoms with Crippen molar-refractivity contribution in [3.63, 3.8) is 0 Å². The first-order valence-electron chi connectivity index (χ1n) is 6.51. The van der Waals surface area contributed by atoms with E-state index in [1.165, 1.54) is 0 Å². The summed E-state index contributed by atoms with van der Waals surface area (Å²) in [6, 6.07) is 3.75. The second-order valence-electron chi connectivity index (χ2n) is 4.97. The number of hydrogen-bond donors (Lipinski definition) is 2. The topological polar surface area (TPSA) is 80.5 Å². The zero-order valence-electron chi connectivity index (χ0n) is 10.7. The molecule has 2 aromatic heterocycles. The van der Waals surface area contributed by atoms with Crippen molar-refractivity contribution in [3.05, 3.63) is 35.3 Å². The number of halogens is 1. The molecule has 1 aliphatic rings. The normalized spacial score (nSPS) is 13.8. The molecule has 0 radical (unpaired) electrons. The van der Waals surface area contributed by atoms with Crippen LogP contribution in [0.3, 0.4) is 0 Å². The lowest BCUT2D eigenvalue weighted by atomic mass is 10.0. The molecule has 0 fully saturated rings. The molecule has 1 aromatic carbocycles. The SMILES string of the molecule is Nc1ncc2[nH]c(-c3ccc4c(c3F)CCC4)nc2n1. The summed E-state index contributed by atoms with van der Waals surface area (Å²) in [6.07, 6.45) is 4.31. The minimum atomic E-state index is -0.181. The molecular formula is C14H12FN5. The number of nitrogens with zero attached hydrogens (tertiary/aromatic N) is 3. The van der Waals surface area contributed by atoms with Crippen molar-refractivity contribution in [2.24, 2.45) is 0 Å². The highest BCUT2D eigenvalue weighted by Crippen LogP contribution is 2.31. The standard InChI is InChI=1S/C14H12FN5/c15-11-8-3-1-2-7(8)4-5-9(11)12-18-10-6-17-14(16)20-13(10)19-12/h4-6H,1-3H2,(H3,16,17,18,19,20). The van der Waals surface area contributed by atoms with Crippen molar-refractivity contribution in [2.75, 3.05) is 5.73 Å². The molecule has 0 saturated heterocycles. The molecular weight excluding hydrogens is 257 g/mol. The van der Waals surface area contributed by atoms with Crippen LogP contribution < -0.4 is 5.73 Å². The molecule has 0 amide bonds. The molecule has 0 bridgehead atoms. The third-order valence-corrected chi connectivity index (χ3v) is 3.73. The van der Waals surface area contributed by atoms with Gasteiger partial charge in [0.2, 0.25) is 5.95 Å². The number of benzene rings is 1. The van der Waals surface area contributed by atoms with Gasteiger partial charge in [0.05, 0.1) is 11.8 Å². The van der Waals surface area contributed by atoms with Gasteiger partial charge >= 0.3 is 0 Å². The highest BCUT2D eigenvalue weighted by atomic mass is 19.1. The van der Waals surface area contributed by atoms with Crippen LogP contribution in [0.2, 0.25) is 0 Å². The second kappa shape index (κ2) is 4.00. The van der Waals surface area contributed by atoms with Gasteiger partial charge in [0.25, 0.3) is 0 Å². The lowest BCUT2D eigenvalue weighted by molar-refractivity contribution is 0.615. The van der Waals surface area contributed by atoms with E-state index >= 15 is 0 Å². The number of rotatable bonds is 1. The monoisotopic (exact) mass is 269 g/mol. The Kier molecular flexibility index (Phi) is 2.26. The van der Waals surface area contributed by atoms with Crippen molar-refractivity contribution in [3.8, 4) is 11.4 Å². The highest BCUT2D eigenvalue weighted by molar-refractivity contribution is 5.76. The zero-order chi connectivity index (χ0) is 13.7. The number of anilines is 1.